The highest BCUT2D eigenvalue weighted by Gasteiger charge is 2.09. The van der Waals surface area contributed by atoms with E-state index in [0.717, 1.165) is 9.79 Å². The summed E-state index contributed by atoms with van der Waals surface area (Å²) in [6.07, 6.45) is 1.45. The first-order chi connectivity index (χ1) is 12.1. The molecule has 126 valence electrons. The van der Waals surface area contributed by atoms with Crippen LogP contribution in [0.5, 0.6) is 0 Å². The molecule has 0 bridgehead atoms. The number of carbonyl (C=O) groups excluding carboxylic acids is 1. The first-order valence-corrected chi connectivity index (χ1v) is 8.79. The third-order valence-electron chi connectivity index (χ3n) is 3.39. The number of hydrogen-bond donors (Lipinski definition) is 1. The van der Waals surface area contributed by atoms with Crippen molar-refractivity contribution < 1.29 is 4.79 Å². The van der Waals surface area contributed by atoms with E-state index in [2.05, 4.69) is 5.32 Å². The van der Waals surface area contributed by atoms with Gasteiger partial charge in [-0.1, -0.05) is 53.7 Å². The quantitative estimate of drug-likeness (QED) is 0.728. The van der Waals surface area contributed by atoms with Gasteiger partial charge in [0, 0.05) is 22.1 Å². The van der Waals surface area contributed by atoms with Gasteiger partial charge in [0.05, 0.1) is 10.7 Å². The zero-order chi connectivity index (χ0) is 17.6. The molecule has 1 heterocycles. The van der Waals surface area contributed by atoms with Gasteiger partial charge >= 0.3 is 0 Å². The van der Waals surface area contributed by atoms with Crippen molar-refractivity contribution in [1.29, 1.82) is 0 Å². The molecule has 3 aromatic rings. The Morgan fingerprint density at radius 2 is 1.72 bits per heavy atom. The van der Waals surface area contributed by atoms with Gasteiger partial charge in [0.25, 0.3) is 5.56 Å². The van der Waals surface area contributed by atoms with E-state index in [1.165, 1.54) is 22.9 Å². The Bertz CT molecular complexity index is 941. The van der Waals surface area contributed by atoms with Crippen LogP contribution in [0.25, 0.3) is 0 Å². The molecule has 0 aliphatic heterocycles. The number of benzene rings is 2. The van der Waals surface area contributed by atoms with E-state index in [4.69, 9.17) is 11.6 Å². The molecular weight excluding hydrogens is 356 g/mol. The maximum absolute atomic E-state index is 12.3. The topological polar surface area (TPSA) is 51.1 Å². The maximum atomic E-state index is 12.3. The molecule has 0 saturated carbocycles. The van der Waals surface area contributed by atoms with Crippen LogP contribution >= 0.6 is 23.4 Å². The molecule has 2 aromatic carbocycles. The third kappa shape index (κ3) is 4.75. The van der Waals surface area contributed by atoms with Crippen LogP contribution in [0.1, 0.15) is 0 Å². The van der Waals surface area contributed by atoms with Crippen molar-refractivity contribution in [2.75, 3.05) is 5.32 Å². The van der Waals surface area contributed by atoms with Gasteiger partial charge in [-0.15, -0.1) is 0 Å². The van der Waals surface area contributed by atoms with E-state index in [-0.39, 0.29) is 18.0 Å². The van der Waals surface area contributed by atoms with Gasteiger partial charge in [0.2, 0.25) is 5.91 Å². The van der Waals surface area contributed by atoms with Crippen LogP contribution in [0, 0.1) is 0 Å². The monoisotopic (exact) mass is 370 g/mol. The van der Waals surface area contributed by atoms with E-state index >= 15 is 0 Å². The highest BCUT2D eigenvalue weighted by molar-refractivity contribution is 7.99. The van der Waals surface area contributed by atoms with Crippen LogP contribution < -0.4 is 10.9 Å². The van der Waals surface area contributed by atoms with Crippen molar-refractivity contribution in [3.63, 3.8) is 0 Å². The minimum absolute atomic E-state index is 0.0935. The van der Waals surface area contributed by atoms with Gasteiger partial charge in [-0.05, 0) is 30.3 Å². The van der Waals surface area contributed by atoms with Crippen LogP contribution in [-0.4, -0.2) is 10.5 Å². The fraction of sp³-hybridized carbons (Fsp3) is 0.0526. The van der Waals surface area contributed by atoms with E-state index in [9.17, 15) is 9.59 Å². The number of carbonyl (C=O) groups is 1. The number of amides is 1. The fourth-order valence-corrected chi connectivity index (χ4v) is 3.35. The van der Waals surface area contributed by atoms with Crippen LogP contribution in [0.3, 0.4) is 0 Å². The Hall–Kier alpha value is -2.50. The average molecular weight is 371 g/mol. The standard InChI is InChI=1S/C19H15ClN2O2S/c20-14-10-11-19(24)22(12-14)13-18(23)21-16-8-4-5-9-17(16)25-15-6-2-1-3-7-15/h1-12H,13H2,(H,21,23). The molecule has 0 spiro atoms. The number of pyridine rings is 1. The summed E-state index contributed by atoms with van der Waals surface area (Å²) in [5.41, 5.74) is 0.433. The van der Waals surface area contributed by atoms with Gasteiger partial charge in [0.15, 0.2) is 0 Å². The lowest BCUT2D eigenvalue weighted by Gasteiger charge is -2.11. The van der Waals surface area contributed by atoms with Crippen LogP contribution in [0.2, 0.25) is 5.02 Å². The summed E-state index contributed by atoms with van der Waals surface area (Å²) in [4.78, 5) is 26.1. The maximum Gasteiger partial charge on any atom is 0.251 e. The Morgan fingerprint density at radius 3 is 2.52 bits per heavy atom. The molecule has 25 heavy (non-hydrogen) atoms. The van der Waals surface area contributed by atoms with E-state index < -0.39 is 0 Å². The molecule has 1 N–H and O–H groups in total. The van der Waals surface area contributed by atoms with Crippen molar-refractivity contribution >= 4 is 35.0 Å². The Labute approximate surface area is 154 Å². The van der Waals surface area contributed by atoms with Crippen molar-refractivity contribution in [1.82, 2.24) is 4.57 Å². The molecule has 3 rings (SSSR count). The largest absolute Gasteiger partial charge is 0.324 e. The minimum atomic E-state index is -0.287. The highest BCUT2D eigenvalue weighted by atomic mass is 35.5. The average Bonchev–Trinajstić information content (AvgIpc) is 2.61. The third-order valence-corrected chi connectivity index (χ3v) is 4.70. The van der Waals surface area contributed by atoms with E-state index in [1.807, 2.05) is 54.6 Å². The molecule has 6 heteroatoms. The number of aromatic nitrogens is 1. The smallest absolute Gasteiger partial charge is 0.251 e. The van der Waals surface area contributed by atoms with Gasteiger partial charge in [-0.3, -0.25) is 9.59 Å². The number of anilines is 1. The lowest BCUT2D eigenvalue weighted by Crippen LogP contribution is -2.26. The summed E-state index contributed by atoms with van der Waals surface area (Å²) in [6, 6.07) is 20.3. The van der Waals surface area contributed by atoms with Crippen LogP contribution in [0.15, 0.2) is 87.5 Å². The van der Waals surface area contributed by atoms with Crippen molar-refractivity contribution in [2.45, 2.75) is 16.3 Å². The van der Waals surface area contributed by atoms with Gasteiger partial charge in [-0.25, -0.2) is 0 Å². The molecule has 0 radical (unpaired) electrons. The summed E-state index contributed by atoms with van der Waals surface area (Å²) in [5.74, 6) is -0.287. The van der Waals surface area contributed by atoms with Crippen LogP contribution in [0.4, 0.5) is 5.69 Å². The Balaban J connectivity index is 1.75. The molecule has 0 aliphatic rings. The normalized spacial score (nSPS) is 10.4. The number of nitrogens with zero attached hydrogens (tertiary/aromatic N) is 1. The molecule has 0 unspecified atom stereocenters. The summed E-state index contributed by atoms with van der Waals surface area (Å²) in [7, 11) is 0. The molecule has 0 fully saturated rings. The minimum Gasteiger partial charge on any atom is -0.324 e. The van der Waals surface area contributed by atoms with Crippen LogP contribution in [-0.2, 0) is 11.3 Å². The number of nitrogens with one attached hydrogen (secondary N) is 1. The van der Waals surface area contributed by atoms with Crippen molar-refractivity contribution in [3.05, 3.63) is 88.3 Å². The molecule has 1 aromatic heterocycles. The molecule has 4 nitrogen and oxygen atoms in total. The molecular formula is C19H15ClN2O2S. The SMILES string of the molecule is O=C(Cn1cc(Cl)ccc1=O)Nc1ccccc1Sc1ccccc1. The lowest BCUT2D eigenvalue weighted by molar-refractivity contribution is -0.116. The van der Waals surface area contributed by atoms with E-state index in [1.54, 1.807) is 11.8 Å². The van der Waals surface area contributed by atoms with E-state index in [0.29, 0.717) is 10.7 Å². The summed E-state index contributed by atoms with van der Waals surface area (Å²) < 4.78 is 1.28. The summed E-state index contributed by atoms with van der Waals surface area (Å²) in [5, 5.41) is 3.27. The lowest BCUT2D eigenvalue weighted by atomic mass is 10.3. The second-order valence-electron chi connectivity index (χ2n) is 5.27. The first kappa shape index (κ1) is 17.3. The number of hydrogen-bond acceptors (Lipinski definition) is 3. The van der Waals surface area contributed by atoms with Gasteiger partial charge in [0.1, 0.15) is 6.54 Å². The van der Waals surface area contributed by atoms with Crippen molar-refractivity contribution in [2.24, 2.45) is 0 Å². The van der Waals surface area contributed by atoms with Gasteiger partial charge in [-0.2, -0.15) is 0 Å². The van der Waals surface area contributed by atoms with Gasteiger partial charge < -0.3 is 9.88 Å². The molecule has 0 aliphatic carbocycles. The summed E-state index contributed by atoms with van der Waals surface area (Å²) >= 11 is 7.44. The zero-order valence-electron chi connectivity index (χ0n) is 13.2. The Kier molecular flexibility index (Phi) is 5.58. The second-order valence-corrected chi connectivity index (χ2v) is 6.82. The predicted octanol–water partition coefficient (Wildman–Crippen LogP) is 4.29. The second kappa shape index (κ2) is 8.05. The highest BCUT2D eigenvalue weighted by Crippen LogP contribution is 2.33. The number of halogens is 1. The fourth-order valence-electron chi connectivity index (χ4n) is 2.24. The first-order valence-electron chi connectivity index (χ1n) is 7.59. The summed E-state index contributed by atoms with van der Waals surface area (Å²) in [6.45, 7) is -0.0935. The zero-order valence-corrected chi connectivity index (χ0v) is 14.8. The van der Waals surface area contributed by atoms with Crippen molar-refractivity contribution in [3.8, 4) is 0 Å². The molecule has 1 amide bonds. The predicted molar refractivity (Wildman–Crippen MR) is 101 cm³/mol. The molecule has 0 atom stereocenters. The number of rotatable bonds is 5. The molecule has 0 saturated heterocycles. The number of para-hydroxylation sites is 1. The Morgan fingerprint density at radius 1 is 1.00 bits per heavy atom.